The normalized spacial score (nSPS) is 19.9. The standard InChI is InChI=1S/C30H38N6O5/c1-28(2,3)41-27(38)36-15-11-30(12-16-36)9-13-35(14-10-30)24-23-20(8-17-39-23)33-26(34-24)31-19-6-7-22-21(18-19)32-25(37)29(4,5)40-22/h6-8,17-18H,9-16H2,1-5H3,(H,32,37)(H,31,33,34). The number of nitrogens with one attached hydrogen (secondary N) is 2. The highest BCUT2D eigenvalue weighted by Gasteiger charge is 2.40. The van der Waals surface area contributed by atoms with Crippen LogP contribution in [0.4, 0.5) is 27.9 Å². The van der Waals surface area contributed by atoms with Gasteiger partial charge in [-0.2, -0.15) is 4.98 Å². The van der Waals surface area contributed by atoms with Crippen LogP contribution in [0.2, 0.25) is 0 Å². The van der Waals surface area contributed by atoms with E-state index in [9.17, 15) is 9.59 Å². The lowest BCUT2D eigenvalue weighted by Crippen LogP contribution is -2.49. The van der Waals surface area contributed by atoms with Gasteiger partial charge in [-0.3, -0.25) is 4.79 Å². The summed E-state index contributed by atoms with van der Waals surface area (Å²) in [4.78, 5) is 38.5. The van der Waals surface area contributed by atoms with Crippen LogP contribution in [-0.2, 0) is 9.53 Å². The van der Waals surface area contributed by atoms with Gasteiger partial charge < -0.3 is 34.3 Å². The number of carbonyl (C=O) groups is 2. The molecule has 3 aromatic rings. The van der Waals surface area contributed by atoms with E-state index in [1.165, 1.54) is 0 Å². The molecular formula is C30H38N6O5. The highest BCUT2D eigenvalue weighted by Crippen LogP contribution is 2.43. The van der Waals surface area contributed by atoms with Gasteiger partial charge in [0.1, 0.15) is 16.9 Å². The number of benzene rings is 1. The SMILES string of the molecule is CC(C)(C)OC(=O)N1CCC2(CC1)CCN(c1nc(Nc3ccc4c(c3)NC(=O)C(C)(C)O4)nc3ccoc13)CC2. The fourth-order valence-corrected chi connectivity index (χ4v) is 5.82. The van der Waals surface area contributed by atoms with E-state index in [0.717, 1.165) is 68.9 Å². The first-order valence-electron chi connectivity index (χ1n) is 14.3. The Morgan fingerprint density at radius 2 is 1.76 bits per heavy atom. The minimum Gasteiger partial charge on any atom is -0.476 e. The number of piperidine rings is 2. The Morgan fingerprint density at radius 1 is 1.05 bits per heavy atom. The molecule has 2 saturated heterocycles. The molecule has 3 aliphatic heterocycles. The molecule has 0 bridgehead atoms. The average Bonchev–Trinajstić information content (AvgIpc) is 3.38. The summed E-state index contributed by atoms with van der Waals surface area (Å²) in [5.41, 5.74) is 1.53. The van der Waals surface area contributed by atoms with Crippen LogP contribution in [-0.4, -0.2) is 64.2 Å². The van der Waals surface area contributed by atoms with Crippen LogP contribution in [0.3, 0.4) is 0 Å². The number of carbonyl (C=O) groups excluding carboxylic acids is 2. The van der Waals surface area contributed by atoms with Crippen LogP contribution >= 0.6 is 0 Å². The summed E-state index contributed by atoms with van der Waals surface area (Å²) in [6, 6.07) is 7.36. The van der Waals surface area contributed by atoms with Crippen molar-refractivity contribution in [2.24, 2.45) is 5.41 Å². The smallest absolute Gasteiger partial charge is 0.410 e. The van der Waals surface area contributed by atoms with Crippen molar-refractivity contribution in [3.8, 4) is 5.75 Å². The van der Waals surface area contributed by atoms with Crippen molar-refractivity contribution in [2.75, 3.05) is 41.7 Å². The number of hydrogen-bond acceptors (Lipinski definition) is 9. The number of hydrogen-bond donors (Lipinski definition) is 2. The first kappa shape index (κ1) is 27.2. The summed E-state index contributed by atoms with van der Waals surface area (Å²) in [6.07, 6.45) is 5.41. The Labute approximate surface area is 239 Å². The minimum atomic E-state index is -0.922. The van der Waals surface area contributed by atoms with Crippen LogP contribution in [0.5, 0.6) is 5.75 Å². The Morgan fingerprint density at radius 3 is 2.46 bits per heavy atom. The van der Waals surface area contributed by atoms with Crippen LogP contribution < -0.4 is 20.3 Å². The van der Waals surface area contributed by atoms with E-state index in [2.05, 4.69) is 20.5 Å². The van der Waals surface area contributed by atoms with E-state index in [0.29, 0.717) is 23.0 Å². The van der Waals surface area contributed by atoms with Crippen molar-refractivity contribution in [1.29, 1.82) is 0 Å². The number of ether oxygens (including phenoxy) is 2. The Bertz CT molecular complexity index is 1470. The Balaban J connectivity index is 1.14. The van der Waals surface area contributed by atoms with Gasteiger partial charge in [0.15, 0.2) is 17.0 Å². The molecule has 1 spiro atoms. The van der Waals surface area contributed by atoms with E-state index in [1.807, 2.05) is 49.9 Å². The first-order chi connectivity index (χ1) is 19.4. The van der Waals surface area contributed by atoms with Gasteiger partial charge in [0.2, 0.25) is 5.95 Å². The highest BCUT2D eigenvalue weighted by atomic mass is 16.6. The molecule has 0 atom stereocenters. The van der Waals surface area contributed by atoms with Crippen LogP contribution in [0, 0.1) is 5.41 Å². The monoisotopic (exact) mass is 562 g/mol. The van der Waals surface area contributed by atoms with E-state index < -0.39 is 11.2 Å². The molecule has 2 amide bonds. The predicted octanol–water partition coefficient (Wildman–Crippen LogP) is 5.69. The third-order valence-corrected chi connectivity index (χ3v) is 8.28. The molecule has 1 aromatic carbocycles. The molecule has 3 aliphatic rings. The number of amides is 2. The van der Waals surface area contributed by atoms with Crippen molar-refractivity contribution in [3.05, 3.63) is 30.5 Å². The summed E-state index contributed by atoms with van der Waals surface area (Å²) in [5, 5.41) is 6.21. The molecule has 41 heavy (non-hydrogen) atoms. The number of rotatable bonds is 3. The molecule has 0 unspecified atom stereocenters. The molecule has 5 heterocycles. The van der Waals surface area contributed by atoms with Crippen molar-refractivity contribution in [2.45, 2.75) is 71.5 Å². The number of aromatic nitrogens is 2. The van der Waals surface area contributed by atoms with Crippen molar-refractivity contribution in [3.63, 3.8) is 0 Å². The molecule has 2 fully saturated rings. The van der Waals surface area contributed by atoms with Crippen molar-refractivity contribution in [1.82, 2.24) is 14.9 Å². The fourth-order valence-electron chi connectivity index (χ4n) is 5.82. The number of nitrogens with zero attached hydrogens (tertiary/aromatic N) is 4. The van der Waals surface area contributed by atoms with Gasteiger partial charge in [0, 0.05) is 37.9 Å². The maximum Gasteiger partial charge on any atom is 0.410 e. The molecule has 6 rings (SSSR count). The summed E-state index contributed by atoms with van der Waals surface area (Å²) >= 11 is 0. The van der Waals surface area contributed by atoms with Crippen LogP contribution in [0.1, 0.15) is 60.3 Å². The summed E-state index contributed by atoms with van der Waals surface area (Å²) < 4.78 is 17.2. The van der Waals surface area contributed by atoms with E-state index >= 15 is 0 Å². The largest absolute Gasteiger partial charge is 0.476 e. The van der Waals surface area contributed by atoms with Gasteiger partial charge in [-0.15, -0.1) is 0 Å². The average molecular weight is 563 g/mol. The predicted molar refractivity (Wildman–Crippen MR) is 156 cm³/mol. The number of anilines is 4. The first-order valence-corrected chi connectivity index (χ1v) is 14.3. The Kier molecular flexibility index (Phi) is 6.50. The maximum atomic E-state index is 12.5. The molecule has 11 nitrogen and oxygen atoms in total. The lowest BCUT2D eigenvalue weighted by Gasteiger charge is -2.47. The zero-order valence-electron chi connectivity index (χ0n) is 24.4. The third kappa shape index (κ3) is 5.49. The topological polar surface area (TPSA) is 122 Å². The zero-order valence-corrected chi connectivity index (χ0v) is 24.4. The molecule has 0 saturated carbocycles. The van der Waals surface area contributed by atoms with Gasteiger partial charge >= 0.3 is 6.09 Å². The second kappa shape index (κ2) is 9.81. The van der Waals surface area contributed by atoms with Crippen LogP contribution in [0.25, 0.3) is 11.1 Å². The Hall–Kier alpha value is -4.02. The van der Waals surface area contributed by atoms with Crippen molar-refractivity contribution < 1.29 is 23.5 Å². The summed E-state index contributed by atoms with van der Waals surface area (Å²) in [6.45, 7) is 12.3. The van der Waals surface area contributed by atoms with E-state index in [1.54, 1.807) is 20.1 Å². The highest BCUT2D eigenvalue weighted by molar-refractivity contribution is 6.00. The summed E-state index contributed by atoms with van der Waals surface area (Å²) in [7, 11) is 0. The lowest BCUT2D eigenvalue weighted by atomic mass is 9.71. The molecule has 0 radical (unpaired) electrons. The molecule has 218 valence electrons. The van der Waals surface area contributed by atoms with Crippen molar-refractivity contribution >= 4 is 46.2 Å². The summed E-state index contributed by atoms with van der Waals surface area (Å²) in [5.74, 6) is 1.63. The molecule has 11 heteroatoms. The van der Waals surface area contributed by atoms with Crippen LogP contribution in [0.15, 0.2) is 34.9 Å². The maximum absolute atomic E-state index is 12.5. The zero-order chi connectivity index (χ0) is 29.0. The lowest BCUT2D eigenvalue weighted by molar-refractivity contribution is -0.129. The van der Waals surface area contributed by atoms with Gasteiger partial charge in [0.05, 0.1) is 12.0 Å². The minimum absolute atomic E-state index is 0.195. The van der Waals surface area contributed by atoms with Gasteiger partial charge in [-0.05, 0) is 83.9 Å². The van der Waals surface area contributed by atoms with Gasteiger partial charge in [-0.1, -0.05) is 0 Å². The second-order valence-electron chi connectivity index (χ2n) is 12.9. The van der Waals surface area contributed by atoms with Gasteiger partial charge in [0.25, 0.3) is 5.91 Å². The third-order valence-electron chi connectivity index (χ3n) is 8.28. The molecule has 2 aromatic heterocycles. The number of likely N-dealkylation sites (tertiary alicyclic amines) is 1. The van der Waals surface area contributed by atoms with Gasteiger partial charge in [-0.25, -0.2) is 9.78 Å². The molecular weight excluding hydrogens is 524 g/mol. The second-order valence-corrected chi connectivity index (χ2v) is 12.9. The molecule has 0 aliphatic carbocycles. The fraction of sp³-hybridized carbons (Fsp3) is 0.533. The number of furan rings is 1. The van der Waals surface area contributed by atoms with E-state index in [4.69, 9.17) is 18.9 Å². The molecule has 2 N–H and O–H groups in total. The number of fused-ring (bicyclic) bond motifs is 2. The van der Waals surface area contributed by atoms with E-state index in [-0.39, 0.29) is 17.4 Å². The quantitative estimate of drug-likeness (QED) is 0.414.